The molecule has 0 saturated heterocycles. The van der Waals surface area contributed by atoms with Crippen LogP contribution in [0.25, 0.3) is 0 Å². The van der Waals surface area contributed by atoms with E-state index in [9.17, 15) is 0 Å². The minimum atomic E-state index is 0.0527. The van der Waals surface area contributed by atoms with E-state index in [1.165, 1.54) is 0 Å². The van der Waals surface area contributed by atoms with E-state index in [4.69, 9.17) is 32.7 Å². The van der Waals surface area contributed by atoms with Gasteiger partial charge in [-0.2, -0.15) is 0 Å². The third-order valence-corrected chi connectivity index (χ3v) is 3.54. The molecule has 18 heavy (non-hydrogen) atoms. The molecule has 3 nitrogen and oxygen atoms in total. The smallest absolute Gasteiger partial charge is 0.128 e. The molecule has 0 aliphatic heterocycles. The van der Waals surface area contributed by atoms with Crippen molar-refractivity contribution in [2.45, 2.75) is 31.6 Å². The minimum absolute atomic E-state index is 0.0527. The van der Waals surface area contributed by atoms with Crippen molar-refractivity contribution in [1.29, 1.82) is 0 Å². The van der Waals surface area contributed by atoms with E-state index < -0.39 is 0 Å². The molecule has 1 N–H and O–H groups in total. The molecule has 1 aliphatic carbocycles. The minimum Gasteiger partial charge on any atom is -0.487 e. The Hall–Kier alpha value is -0.480. The standard InChI is InChI=1S/C13H17Cl2NO2/c1-3-17-13-11(16-2)7-12(13)18-10-5-8(14)4-9(15)6-10/h4-6,11-13,16H,3,7H2,1-2H3. The molecule has 1 aromatic carbocycles. The van der Waals surface area contributed by atoms with E-state index in [1.807, 2.05) is 14.0 Å². The molecule has 0 heterocycles. The van der Waals surface area contributed by atoms with E-state index in [0.717, 1.165) is 6.42 Å². The number of likely N-dealkylation sites (N-methyl/N-ethyl adjacent to an activating group) is 1. The normalized spacial score (nSPS) is 26.8. The van der Waals surface area contributed by atoms with Gasteiger partial charge in [-0.25, -0.2) is 0 Å². The van der Waals surface area contributed by atoms with Gasteiger partial charge in [-0.15, -0.1) is 0 Å². The zero-order chi connectivity index (χ0) is 13.1. The van der Waals surface area contributed by atoms with Crippen LogP contribution in [0, 0.1) is 0 Å². The number of hydrogen-bond donors (Lipinski definition) is 1. The first-order chi connectivity index (χ1) is 8.63. The van der Waals surface area contributed by atoms with Crippen molar-refractivity contribution in [2.75, 3.05) is 13.7 Å². The van der Waals surface area contributed by atoms with Crippen LogP contribution in [-0.2, 0) is 4.74 Å². The van der Waals surface area contributed by atoms with E-state index in [1.54, 1.807) is 18.2 Å². The highest BCUT2D eigenvalue weighted by atomic mass is 35.5. The number of nitrogens with one attached hydrogen (secondary N) is 1. The van der Waals surface area contributed by atoms with Crippen LogP contribution in [0.4, 0.5) is 0 Å². The monoisotopic (exact) mass is 289 g/mol. The van der Waals surface area contributed by atoms with Gasteiger partial charge >= 0.3 is 0 Å². The summed E-state index contributed by atoms with van der Waals surface area (Å²) in [6.45, 7) is 2.66. The maximum Gasteiger partial charge on any atom is 0.128 e. The van der Waals surface area contributed by atoms with Crippen LogP contribution < -0.4 is 10.1 Å². The highest BCUT2D eigenvalue weighted by Crippen LogP contribution is 2.31. The molecule has 3 atom stereocenters. The quantitative estimate of drug-likeness (QED) is 0.903. The Labute approximate surface area is 117 Å². The largest absolute Gasteiger partial charge is 0.487 e. The average Bonchev–Trinajstić information content (AvgIpc) is 2.30. The second-order valence-corrected chi connectivity index (χ2v) is 5.19. The lowest BCUT2D eigenvalue weighted by molar-refractivity contribution is -0.103. The fraction of sp³-hybridized carbons (Fsp3) is 0.538. The van der Waals surface area contributed by atoms with Gasteiger partial charge in [0.25, 0.3) is 0 Å². The highest BCUT2D eigenvalue weighted by molar-refractivity contribution is 6.34. The van der Waals surface area contributed by atoms with Crippen LogP contribution in [-0.4, -0.2) is 31.9 Å². The van der Waals surface area contributed by atoms with Crippen molar-refractivity contribution < 1.29 is 9.47 Å². The van der Waals surface area contributed by atoms with Crippen molar-refractivity contribution in [2.24, 2.45) is 0 Å². The van der Waals surface area contributed by atoms with Crippen LogP contribution >= 0.6 is 23.2 Å². The summed E-state index contributed by atoms with van der Waals surface area (Å²) in [7, 11) is 1.93. The second-order valence-electron chi connectivity index (χ2n) is 4.31. The van der Waals surface area contributed by atoms with Gasteiger partial charge in [0.05, 0.1) is 0 Å². The maximum absolute atomic E-state index is 5.94. The first-order valence-electron chi connectivity index (χ1n) is 6.05. The summed E-state index contributed by atoms with van der Waals surface area (Å²) >= 11 is 11.9. The van der Waals surface area contributed by atoms with E-state index in [0.29, 0.717) is 28.4 Å². The van der Waals surface area contributed by atoms with Crippen LogP contribution in [0.15, 0.2) is 18.2 Å². The Morgan fingerprint density at radius 2 is 1.94 bits per heavy atom. The molecule has 1 fully saturated rings. The number of halogens is 2. The Kier molecular flexibility index (Phi) is 4.73. The third kappa shape index (κ3) is 3.09. The summed E-state index contributed by atoms with van der Waals surface area (Å²) in [6.07, 6.45) is 1.06. The van der Waals surface area contributed by atoms with Crippen molar-refractivity contribution in [3.8, 4) is 5.75 Å². The molecule has 3 unspecified atom stereocenters. The van der Waals surface area contributed by atoms with Gasteiger partial charge in [0, 0.05) is 29.1 Å². The predicted molar refractivity (Wildman–Crippen MR) is 73.8 cm³/mol. The van der Waals surface area contributed by atoms with Crippen LogP contribution in [0.2, 0.25) is 10.0 Å². The summed E-state index contributed by atoms with van der Waals surface area (Å²) < 4.78 is 11.5. The van der Waals surface area contributed by atoms with Crippen LogP contribution in [0.1, 0.15) is 13.3 Å². The Morgan fingerprint density at radius 1 is 1.28 bits per heavy atom. The second kappa shape index (κ2) is 6.11. The summed E-state index contributed by atoms with van der Waals surface area (Å²) in [5.74, 6) is 0.691. The van der Waals surface area contributed by atoms with Crippen LogP contribution in [0.3, 0.4) is 0 Å². The average molecular weight is 290 g/mol. The highest BCUT2D eigenvalue weighted by Gasteiger charge is 2.42. The van der Waals surface area contributed by atoms with Gasteiger partial charge in [-0.1, -0.05) is 23.2 Å². The third-order valence-electron chi connectivity index (χ3n) is 3.10. The molecule has 0 amide bonds. The van der Waals surface area contributed by atoms with Gasteiger partial charge in [-0.3, -0.25) is 0 Å². The maximum atomic E-state index is 5.94. The topological polar surface area (TPSA) is 30.5 Å². The van der Waals surface area contributed by atoms with E-state index in [2.05, 4.69) is 5.32 Å². The molecule has 5 heteroatoms. The van der Waals surface area contributed by atoms with Crippen molar-refractivity contribution in [3.63, 3.8) is 0 Å². The van der Waals surface area contributed by atoms with Gasteiger partial charge in [0.15, 0.2) is 0 Å². The first kappa shape index (κ1) is 13.9. The summed E-state index contributed by atoms with van der Waals surface area (Å²) in [4.78, 5) is 0. The lowest BCUT2D eigenvalue weighted by Crippen LogP contribution is -2.60. The molecule has 0 radical (unpaired) electrons. The van der Waals surface area contributed by atoms with Gasteiger partial charge in [-0.05, 0) is 32.2 Å². The van der Waals surface area contributed by atoms with E-state index >= 15 is 0 Å². The molecule has 2 rings (SSSR count). The van der Waals surface area contributed by atoms with Crippen LogP contribution in [0.5, 0.6) is 5.75 Å². The Morgan fingerprint density at radius 3 is 2.50 bits per heavy atom. The van der Waals surface area contributed by atoms with Gasteiger partial charge in [0.1, 0.15) is 18.0 Å². The summed E-state index contributed by atoms with van der Waals surface area (Å²) in [5.41, 5.74) is 0. The van der Waals surface area contributed by atoms with Crippen molar-refractivity contribution in [1.82, 2.24) is 5.32 Å². The zero-order valence-corrected chi connectivity index (χ0v) is 12.0. The van der Waals surface area contributed by atoms with E-state index in [-0.39, 0.29) is 12.2 Å². The fourth-order valence-corrected chi connectivity index (χ4v) is 2.67. The lowest BCUT2D eigenvalue weighted by Gasteiger charge is -2.43. The molecule has 1 aromatic rings. The molecule has 0 bridgehead atoms. The molecule has 0 aromatic heterocycles. The molecule has 100 valence electrons. The summed E-state index contributed by atoms with van der Waals surface area (Å²) in [6, 6.07) is 5.57. The molecular weight excluding hydrogens is 273 g/mol. The zero-order valence-electron chi connectivity index (χ0n) is 10.5. The molecule has 1 aliphatic rings. The number of hydrogen-bond acceptors (Lipinski definition) is 3. The first-order valence-corrected chi connectivity index (χ1v) is 6.81. The molecule has 1 saturated carbocycles. The summed E-state index contributed by atoms with van der Waals surface area (Å²) in [5, 5.41) is 4.38. The number of benzene rings is 1. The molecular formula is C13H17Cl2NO2. The van der Waals surface area contributed by atoms with Crippen molar-refractivity contribution in [3.05, 3.63) is 28.2 Å². The SMILES string of the molecule is CCOC1C(NC)CC1Oc1cc(Cl)cc(Cl)c1. The Balaban J connectivity index is 2.01. The van der Waals surface area contributed by atoms with Gasteiger partial charge in [0.2, 0.25) is 0 Å². The van der Waals surface area contributed by atoms with Crippen molar-refractivity contribution >= 4 is 23.2 Å². The number of rotatable bonds is 5. The molecule has 0 spiro atoms. The lowest BCUT2D eigenvalue weighted by atomic mass is 9.85. The Bertz CT molecular complexity index is 394. The predicted octanol–water partition coefficient (Wildman–Crippen LogP) is 3.14. The number of ether oxygens (including phenoxy) is 2. The fourth-order valence-electron chi connectivity index (χ4n) is 2.17. The van der Waals surface area contributed by atoms with Gasteiger partial charge < -0.3 is 14.8 Å².